The van der Waals surface area contributed by atoms with Crippen molar-refractivity contribution in [3.05, 3.63) is 70.3 Å². The fraction of sp³-hybridized carbons (Fsp3) is 0.0625. The van der Waals surface area contributed by atoms with Gasteiger partial charge in [-0.3, -0.25) is 0 Å². The van der Waals surface area contributed by atoms with E-state index in [-0.39, 0.29) is 5.56 Å². The van der Waals surface area contributed by atoms with Crippen molar-refractivity contribution in [2.45, 2.75) is 6.92 Å². The summed E-state index contributed by atoms with van der Waals surface area (Å²) in [5, 5.41) is 8.56. The van der Waals surface area contributed by atoms with Crippen molar-refractivity contribution in [2.75, 3.05) is 0 Å². The summed E-state index contributed by atoms with van der Waals surface area (Å²) in [6.07, 6.45) is 0. The molecule has 2 rings (SSSR count). The molecule has 0 spiro atoms. The highest BCUT2D eigenvalue weighted by molar-refractivity contribution is 5.46. The van der Waals surface area contributed by atoms with Gasteiger partial charge in [-0.1, -0.05) is 29.5 Å². The van der Waals surface area contributed by atoms with E-state index in [9.17, 15) is 8.78 Å². The van der Waals surface area contributed by atoms with Gasteiger partial charge in [-0.05, 0) is 31.2 Å². The van der Waals surface area contributed by atoms with Crippen LogP contribution in [0.4, 0.5) is 8.78 Å². The Kier molecular flexibility index (Phi) is 3.59. The van der Waals surface area contributed by atoms with Crippen molar-refractivity contribution in [1.29, 1.82) is 5.26 Å². The molecule has 0 aliphatic heterocycles. The molecule has 0 aliphatic rings. The van der Waals surface area contributed by atoms with Crippen LogP contribution in [-0.2, 0) is 0 Å². The van der Waals surface area contributed by atoms with Gasteiger partial charge >= 0.3 is 0 Å². The first-order valence-electron chi connectivity index (χ1n) is 5.58. The summed E-state index contributed by atoms with van der Waals surface area (Å²) in [5.41, 5.74) is 1.49. The number of halogens is 2. The Hall–Kier alpha value is -2.65. The van der Waals surface area contributed by atoms with E-state index in [1.807, 2.05) is 31.2 Å². The maximum absolute atomic E-state index is 13.4. The smallest absolute Gasteiger partial charge is 0.145 e. The lowest BCUT2D eigenvalue weighted by Crippen LogP contribution is -1.91. The Bertz CT molecular complexity index is 690. The minimum absolute atomic E-state index is 0.203. The zero-order valence-corrected chi connectivity index (χ0v) is 10.2. The van der Waals surface area contributed by atoms with Crippen molar-refractivity contribution in [3.63, 3.8) is 0 Å². The van der Waals surface area contributed by atoms with Crippen LogP contribution in [0.25, 0.3) is 0 Å². The van der Waals surface area contributed by atoms with E-state index in [4.69, 9.17) is 5.26 Å². The summed E-state index contributed by atoms with van der Waals surface area (Å²) in [6.45, 7) is 1.96. The molecule has 0 fully saturated rings. The fourth-order valence-corrected chi connectivity index (χ4v) is 1.53. The topological polar surface area (TPSA) is 23.8 Å². The van der Waals surface area contributed by atoms with Gasteiger partial charge in [-0.2, -0.15) is 5.26 Å². The van der Waals surface area contributed by atoms with Crippen molar-refractivity contribution in [3.8, 4) is 17.9 Å². The van der Waals surface area contributed by atoms with Gasteiger partial charge in [0.05, 0.1) is 0 Å². The second kappa shape index (κ2) is 5.33. The molecule has 0 saturated carbocycles. The lowest BCUT2D eigenvalue weighted by atomic mass is 10.1. The van der Waals surface area contributed by atoms with Gasteiger partial charge in [0.25, 0.3) is 0 Å². The molecular formula is C16H9F2N. The molecule has 92 valence electrons. The quantitative estimate of drug-likeness (QED) is 0.659. The molecule has 0 amide bonds. The van der Waals surface area contributed by atoms with Gasteiger partial charge < -0.3 is 0 Å². The number of hydrogen-bond acceptors (Lipinski definition) is 1. The number of nitrogens with zero attached hydrogens (tertiary/aromatic N) is 1. The number of rotatable bonds is 0. The number of nitriles is 1. The third-order valence-electron chi connectivity index (χ3n) is 2.56. The van der Waals surface area contributed by atoms with Crippen LogP contribution in [0.15, 0.2) is 36.4 Å². The van der Waals surface area contributed by atoms with Crippen LogP contribution in [0.2, 0.25) is 0 Å². The Balaban J connectivity index is 2.36. The van der Waals surface area contributed by atoms with Gasteiger partial charge in [0.1, 0.15) is 23.3 Å². The number of benzene rings is 2. The molecule has 3 heteroatoms. The first-order valence-corrected chi connectivity index (χ1v) is 5.58. The molecule has 0 N–H and O–H groups in total. The third-order valence-corrected chi connectivity index (χ3v) is 2.56. The molecule has 0 bridgehead atoms. The molecule has 0 unspecified atom stereocenters. The molecule has 0 saturated heterocycles. The van der Waals surface area contributed by atoms with Crippen molar-refractivity contribution in [1.82, 2.24) is 0 Å². The second-order valence-electron chi connectivity index (χ2n) is 4.04. The van der Waals surface area contributed by atoms with Gasteiger partial charge in [0, 0.05) is 11.1 Å². The highest BCUT2D eigenvalue weighted by Crippen LogP contribution is 2.14. The monoisotopic (exact) mass is 253 g/mol. The van der Waals surface area contributed by atoms with Crippen LogP contribution in [-0.4, -0.2) is 0 Å². The minimum Gasteiger partial charge on any atom is -0.205 e. The Labute approximate surface area is 110 Å². The lowest BCUT2D eigenvalue weighted by Gasteiger charge is -1.97. The Morgan fingerprint density at radius 2 is 1.42 bits per heavy atom. The molecule has 1 nitrogen and oxygen atoms in total. The summed E-state index contributed by atoms with van der Waals surface area (Å²) in [4.78, 5) is 0. The predicted octanol–water partition coefficient (Wildman–Crippen LogP) is 3.54. The molecule has 0 aromatic heterocycles. The summed E-state index contributed by atoms with van der Waals surface area (Å²) in [5.74, 6) is 3.70. The van der Waals surface area contributed by atoms with Crippen LogP contribution in [0.3, 0.4) is 0 Å². The lowest BCUT2D eigenvalue weighted by molar-refractivity contribution is 0.576. The number of aryl methyl sites for hydroxylation is 1. The molecular weight excluding hydrogens is 244 g/mol. The molecule has 19 heavy (non-hydrogen) atoms. The van der Waals surface area contributed by atoms with Crippen LogP contribution in [0.1, 0.15) is 22.3 Å². The summed E-state index contributed by atoms with van der Waals surface area (Å²) < 4.78 is 26.7. The molecule has 2 aromatic rings. The van der Waals surface area contributed by atoms with E-state index < -0.39 is 17.2 Å². The Morgan fingerprint density at radius 1 is 0.895 bits per heavy atom. The Morgan fingerprint density at radius 3 is 1.95 bits per heavy atom. The van der Waals surface area contributed by atoms with Crippen LogP contribution in [0, 0.1) is 41.7 Å². The van der Waals surface area contributed by atoms with E-state index >= 15 is 0 Å². The second-order valence-corrected chi connectivity index (χ2v) is 4.04. The van der Waals surface area contributed by atoms with E-state index in [1.54, 1.807) is 0 Å². The standard InChI is InChI=1S/C16H9F2N/c1-11-2-4-12(5-3-11)6-7-13-8-15(17)14(10-19)16(18)9-13/h2-5,8-9H,1H3. The van der Waals surface area contributed by atoms with Gasteiger partial charge in [-0.25, -0.2) is 8.78 Å². The normalized spacial score (nSPS) is 9.37. The molecule has 2 aromatic carbocycles. The average molecular weight is 253 g/mol. The van der Waals surface area contributed by atoms with E-state index in [1.165, 1.54) is 6.07 Å². The zero-order chi connectivity index (χ0) is 13.8. The third kappa shape index (κ3) is 2.97. The average Bonchev–Trinajstić information content (AvgIpc) is 2.38. The molecule has 0 atom stereocenters. The minimum atomic E-state index is -0.893. The summed E-state index contributed by atoms with van der Waals surface area (Å²) >= 11 is 0. The largest absolute Gasteiger partial charge is 0.205 e. The first-order chi connectivity index (χ1) is 9.10. The van der Waals surface area contributed by atoms with E-state index in [0.717, 1.165) is 23.3 Å². The maximum atomic E-state index is 13.4. The molecule has 0 aliphatic carbocycles. The van der Waals surface area contributed by atoms with Crippen LogP contribution < -0.4 is 0 Å². The van der Waals surface area contributed by atoms with Crippen LogP contribution >= 0.6 is 0 Å². The maximum Gasteiger partial charge on any atom is 0.145 e. The van der Waals surface area contributed by atoms with Gasteiger partial charge in [0.15, 0.2) is 0 Å². The molecule has 0 heterocycles. The highest BCUT2D eigenvalue weighted by Gasteiger charge is 2.09. The zero-order valence-electron chi connectivity index (χ0n) is 10.2. The SMILES string of the molecule is Cc1ccc(C#Cc2cc(F)c(C#N)c(F)c2)cc1. The first kappa shape index (κ1) is 12.8. The summed E-state index contributed by atoms with van der Waals surface area (Å²) in [7, 11) is 0. The molecule has 0 radical (unpaired) electrons. The fourth-order valence-electron chi connectivity index (χ4n) is 1.53. The van der Waals surface area contributed by atoms with Gasteiger partial charge in [-0.15, -0.1) is 0 Å². The van der Waals surface area contributed by atoms with E-state index in [0.29, 0.717) is 0 Å². The van der Waals surface area contributed by atoms with Crippen molar-refractivity contribution in [2.24, 2.45) is 0 Å². The van der Waals surface area contributed by atoms with Crippen molar-refractivity contribution >= 4 is 0 Å². The van der Waals surface area contributed by atoms with Crippen molar-refractivity contribution < 1.29 is 8.78 Å². The predicted molar refractivity (Wildman–Crippen MR) is 68.2 cm³/mol. The number of hydrogen-bond donors (Lipinski definition) is 0. The summed E-state index contributed by atoms with van der Waals surface area (Å²) in [6, 6.07) is 11.1. The highest BCUT2D eigenvalue weighted by atomic mass is 19.1. The van der Waals surface area contributed by atoms with Gasteiger partial charge in [0.2, 0.25) is 0 Å². The van der Waals surface area contributed by atoms with Crippen LogP contribution in [0.5, 0.6) is 0 Å². The van der Waals surface area contributed by atoms with E-state index in [2.05, 4.69) is 11.8 Å².